The maximum absolute atomic E-state index is 15.7. The van der Waals surface area contributed by atoms with Crippen molar-refractivity contribution in [2.75, 3.05) is 0 Å². The molecule has 244 valence electrons. The number of hydrogen-bond donors (Lipinski definition) is 0. The second-order valence-corrected chi connectivity index (χ2v) is 12.5. The molecule has 0 aliphatic rings. The molecule has 0 bridgehead atoms. The van der Waals surface area contributed by atoms with Crippen molar-refractivity contribution in [1.29, 1.82) is 5.26 Å². The molecule has 0 fully saturated rings. The highest BCUT2D eigenvalue weighted by Crippen LogP contribution is 2.40. The molecule has 2 aromatic heterocycles. The van der Waals surface area contributed by atoms with Gasteiger partial charge >= 0.3 is 0 Å². The van der Waals surface area contributed by atoms with E-state index in [1.165, 1.54) is 6.07 Å². The van der Waals surface area contributed by atoms with Crippen molar-refractivity contribution in [3.63, 3.8) is 0 Å². The van der Waals surface area contributed by atoms with Gasteiger partial charge in [-0.3, -0.25) is 0 Å². The molecule has 9 aromatic rings. The molecule has 0 unspecified atom stereocenters. The lowest BCUT2D eigenvalue weighted by Gasteiger charge is -2.17. The molecule has 0 radical (unpaired) electrons. The zero-order valence-corrected chi connectivity index (χ0v) is 27.8. The summed E-state index contributed by atoms with van der Waals surface area (Å²) in [4.78, 5) is 14.9. The molecule has 52 heavy (non-hydrogen) atoms. The molecule has 5 nitrogen and oxygen atoms in total. The number of aromatic nitrogens is 4. The lowest BCUT2D eigenvalue weighted by Crippen LogP contribution is -2.02. The summed E-state index contributed by atoms with van der Waals surface area (Å²) in [5.74, 6) is 1.31. The highest BCUT2D eigenvalue weighted by atomic mass is 19.1. The van der Waals surface area contributed by atoms with Crippen molar-refractivity contribution in [2.24, 2.45) is 0 Å². The maximum atomic E-state index is 15.7. The Morgan fingerprint density at radius 2 is 1.00 bits per heavy atom. The van der Waals surface area contributed by atoms with Gasteiger partial charge in [-0.2, -0.15) is 5.26 Å². The van der Waals surface area contributed by atoms with Gasteiger partial charge in [-0.1, -0.05) is 133 Å². The van der Waals surface area contributed by atoms with Gasteiger partial charge in [0, 0.05) is 38.6 Å². The van der Waals surface area contributed by atoms with Crippen LogP contribution in [0.4, 0.5) is 4.39 Å². The minimum absolute atomic E-state index is 0.314. The van der Waals surface area contributed by atoms with Crippen LogP contribution in [0.25, 0.3) is 83.9 Å². The van der Waals surface area contributed by atoms with E-state index in [0.717, 1.165) is 60.9 Å². The average Bonchev–Trinajstić information content (AvgIpc) is 3.55. The normalized spacial score (nSPS) is 11.2. The summed E-state index contributed by atoms with van der Waals surface area (Å²) >= 11 is 0. The summed E-state index contributed by atoms with van der Waals surface area (Å²) < 4.78 is 17.9. The van der Waals surface area contributed by atoms with Gasteiger partial charge in [0.2, 0.25) is 0 Å². The van der Waals surface area contributed by atoms with Crippen LogP contribution in [0.2, 0.25) is 0 Å². The second-order valence-electron chi connectivity index (χ2n) is 12.5. The summed E-state index contributed by atoms with van der Waals surface area (Å²) in [6.45, 7) is 0. The minimum atomic E-state index is -0.314. The van der Waals surface area contributed by atoms with Crippen molar-refractivity contribution in [2.45, 2.75) is 0 Å². The molecule has 0 saturated heterocycles. The predicted molar refractivity (Wildman–Crippen MR) is 206 cm³/mol. The fraction of sp³-hybridized carbons (Fsp3) is 0. The molecule has 0 saturated carbocycles. The molecule has 0 aliphatic heterocycles. The average molecular weight is 670 g/mol. The summed E-state index contributed by atoms with van der Waals surface area (Å²) in [7, 11) is 0. The van der Waals surface area contributed by atoms with Crippen LogP contribution in [-0.4, -0.2) is 19.5 Å². The van der Waals surface area contributed by atoms with E-state index in [-0.39, 0.29) is 5.82 Å². The van der Waals surface area contributed by atoms with E-state index in [4.69, 9.17) is 15.0 Å². The Morgan fingerprint density at radius 3 is 1.69 bits per heavy atom. The lowest BCUT2D eigenvalue weighted by atomic mass is 9.98. The number of halogens is 1. The number of nitriles is 1. The van der Waals surface area contributed by atoms with E-state index in [1.54, 1.807) is 6.07 Å². The van der Waals surface area contributed by atoms with Gasteiger partial charge in [0.05, 0.1) is 28.4 Å². The van der Waals surface area contributed by atoms with Crippen molar-refractivity contribution in [3.05, 3.63) is 181 Å². The highest BCUT2D eigenvalue weighted by molar-refractivity contribution is 6.11. The molecule has 9 rings (SSSR count). The van der Waals surface area contributed by atoms with Crippen LogP contribution in [0.1, 0.15) is 5.56 Å². The first-order valence-corrected chi connectivity index (χ1v) is 17.0. The summed E-state index contributed by atoms with van der Waals surface area (Å²) in [5.41, 5.74) is 8.85. The largest absolute Gasteiger partial charge is 0.309 e. The molecular formula is C46H28FN5. The molecule has 0 aliphatic carbocycles. The summed E-state index contributed by atoms with van der Waals surface area (Å²) in [6.07, 6.45) is 0. The highest BCUT2D eigenvalue weighted by Gasteiger charge is 2.20. The van der Waals surface area contributed by atoms with E-state index in [0.29, 0.717) is 28.6 Å². The molecule has 0 amide bonds. The minimum Gasteiger partial charge on any atom is -0.309 e. The fourth-order valence-electron chi connectivity index (χ4n) is 6.93. The third-order valence-electron chi connectivity index (χ3n) is 9.39. The summed E-state index contributed by atoms with van der Waals surface area (Å²) in [6, 6.07) is 57.0. The molecule has 7 aromatic carbocycles. The quantitative estimate of drug-likeness (QED) is 0.177. The van der Waals surface area contributed by atoms with Crippen LogP contribution in [-0.2, 0) is 0 Å². The molecule has 6 heteroatoms. The smallest absolute Gasteiger partial charge is 0.164 e. The summed E-state index contributed by atoms with van der Waals surface area (Å²) in [5, 5.41) is 11.9. The lowest BCUT2D eigenvalue weighted by molar-refractivity contribution is 0.631. The van der Waals surface area contributed by atoms with Gasteiger partial charge in [-0.25, -0.2) is 19.3 Å². The Morgan fingerprint density at radius 1 is 0.442 bits per heavy atom. The van der Waals surface area contributed by atoms with Gasteiger partial charge in [0.25, 0.3) is 0 Å². The van der Waals surface area contributed by atoms with Crippen LogP contribution in [0.15, 0.2) is 170 Å². The van der Waals surface area contributed by atoms with Crippen LogP contribution in [0.5, 0.6) is 0 Å². The van der Waals surface area contributed by atoms with E-state index in [9.17, 15) is 5.26 Å². The number of benzene rings is 7. The first-order chi connectivity index (χ1) is 25.7. The van der Waals surface area contributed by atoms with Crippen molar-refractivity contribution in [3.8, 4) is 68.2 Å². The third kappa shape index (κ3) is 5.38. The molecule has 0 atom stereocenters. The van der Waals surface area contributed by atoms with Crippen molar-refractivity contribution in [1.82, 2.24) is 19.5 Å². The van der Waals surface area contributed by atoms with Crippen molar-refractivity contribution >= 4 is 21.8 Å². The molecular weight excluding hydrogens is 642 g/mol. The van der Waals surface area contributed by atoms with Crippen LogP contribution in [0.3, 0.4) is 0 Å². The predicted octanol–water partition coefficient (Wildman–Crippen LogP) is 11.3. The third-order valence-corrected chi connectivity index (χ3v) is 9.39. The molecule has 0 spiro atoms. The zero-order chi connectivity index (χ0) is 35.0. The number of rotatable bonds is 6. The number of nitrogens with zero attached hydrogens (tertiary/aromatic N) is 5. The maximum Gasteiger partial charge on any atom is 0.164 e. The van der Waals surface area contributed by atoms with Crippen molar-refractivity contribution < 1.29 is 4.39 Å². The number of fused-ring (bicyclic) bond motifs is 3. The van der Waals surface area contributed by atoms with Crippen LogP contribution in [0, 0.1) is 17.1 Å². The SMILES string of the molecule is N#Cc1ccccc1-c1ccc2c(c1)c1ccccc1n2-c1cc(-c2nc(-c3ccccc3)nc(-c3ccccc3)n2)ccc1-c1ccccc1F. The second kappa shape index (κ2) is 12.9. The zero-order valence-electron chi connectivity index (χ0n) is 27.8. The number of hydrogen-bond acceptors (Lipinski definition) is 4. The molecule has 0 N–H and O–H groups in total. The fourth-order valence-corrected chi connectivity index (χ4v) is 6.93. The Hall–Kier alpha value is -7.23. The van der Waals surface area contributed by atoms with Gasteiger partial charge in [0.1, 0.15) is 5.82 Å². The molecule has 2 heterocycles. The van der Waals surface area contributed by atoms with E-state index in [1.807, 2.05) is 133 Å². The Labute approximate surface area is 299 Å². The van der Waals surface area contributed by atoms with Gasteiger partial charge in [0.15, 0.2) is 17.5 Å². The topological polar surface area (TPSA) is 67.4 Å². The van der Waals surface area contributed by atoms with Crippen LogP contribution >= 0.6 is 0 Å². The van der Waals surface area contributed by atoms with E-state index >= 15 is 4.39 Å². The number of para-hydroxylation sites is 1. The van der Waals surface area contributed by atoms with Gasteiger partial charge < -0.3 is 4.57 Å². The van der Waals surface area contributed by atoms with E-state index < -0.39 is 0 Å². The Balaban J connectivity index is 1.32. The first kappa shape index (κ1) is 30.8. The van der Waals surface area contributed by atoms with E-state index in [2.05, 4.69) is 34.9 Å². The van der Waals surface area contributed by atoms with Crippen LogP contribution < -0.4 is 0 Å². The Kier molecular flexibility index (Phi) is 7.64. The standard InChI is InChI=1S/C46H28FN5/c47-40-21-11-9-19-36(40)38-25-23-33(46-50-44(30-13-3-1-4-14-30)49-45(51-46)31-15-5-2-6-16-31)28-43(38)52-41-22-12-10-20-37(41)39-27-32(24-26-42(39)52)35-18-8-7-17-34(35)29-48/h1-28H. The monoisotopic (exact) mass is 669 g/mol. The first-order valence-electron chi connectivity index (χ1n) is 17.0. The van der Waals surface area contributed by atoms with Gasteiger partial charge in [-0.05, 0) is 47.5 Å². The Bertz CT molecular complexity index is 2760. The van der Waals surface area contributed by atoms with Gasteiger partial charge in [-0.15, -0.1) is 0 Å².